The van der Waals surface area contributed by atoms with Crippen molar-refractivity contribution < 1.29 is 27.4 Å². The standard InChI is InChI=1S/C20H16F3N3O3/c1-28-14-10-8-11-7-9-13(18(24)25)17(29-19(27)20(21,22)23)15(11)16(14)26-12-5-3-2-4-6-12/h2-10,26H,1H3,(H3,24,25). The van der Waals surface area contributed by atoms with E-state index < -0.39 is 23.7 Å². The number of carbonyl (C=O) groups is 1. The summed E-state index contributed by atoms with van der Waals surface area (Å²) in [5.41, 5.74) is 6.26. The Hall–Kier alpha value is -3.75. The first-order valence-corrected chi connectivity index (χ1v) is 8.31. The fraction of sp³-hybridized carbons (Fsp3) is 0.100. The molecule has 0 saturated heterocycles. The third-order valence-corrected chi connectivity index (χ3v) is 4.08. The second kappa shape index (κ2) is 7.70. The summed E-state index contributed by atoms with van der Waals surface area (Å²) in [6.07, 6.45) is -5.22. The Bertz CT molecular complexity index is 1080. The van der Waals surface area contributed by atoms with Crippen molar-refractivity contribution in [1.29, 1.82) is 5.41 Å². The predicted molar refractivity (Wildman–Crippen MR) is 103 cm³/mol. The average Bonchev–Trinajstić information content (AvgIpc) is 2.68. The van der Waals surface area contributed by atoms with Crippen LogP contribution in [0.2, 0.25) is 0 Å². The topological polar surface area (TPSA) is 97.4 Å². The molecule has 0 aliphatic rings. The van der Waals surface area contributed by atoms with Crippen LogP contribution >= 0.6 is 0 Å². The lowest BCUT2D eigenvalue weighted by molar-refractivity contribution is -0.189. The van der Waals surface area contributed by atoms with Crippen molar-refractivity contribution in [1.82, 2.24) is 0 Å². The average molecular weight is 403 g/mol. The van der Waals surface area contributed by atoms with Crippen LogP contribution in [0.3, 0.4) is 0 Å². The van der Waals surface area contributed by atoms with Crippen molar-refractivity contribution in [3.63, 3.8) is 0 Å². The van der Waals surface area contributed by atoms with Gasteiger partial charge in [-0.3, -0.25) is 5.41 Å². The summed E-state index contributed by atoms with van der Waals surface area (Å²) >= 11 is 0. The number of amidine groups is 1. The second-order valence-electron chi connectivity index (χ2n) is 5.98. The van der Waals surface area contributed by atoms with Gasteiger partial charge in [-0.1, -0.05) is 30.3 Å². The van der Waals surface area contributed by atoms with Crippen molar-refractivity contribution in [3.8, 4) is 11.5 Å². The van der Waals surface area contributed by atoms with E-state index in [0.29, 0.717) is 16.8 Å². The number of alkyl halides is 3. The minimum absolute atomic E-state index is 0.124. The molecule has 0 fully saturated rings. The summed E-state index contributed by atoms with van der Waals surface area (Å²) in [5, 5.41) is 11.4. The third kappa shape index (κ3) is 4.08. The number of hydrogen-bond donors (Lipinski definition) is 3. The van der Waals surface area contributed by atoms with Gasteiger partial charge in [0.2, 0.25) is 0 Å². The molecule has 0 aromatic heterocycles. The fourth-order valence-electron chi connectivity index (χ4n) is 2.80. The summed E-state index contributed by atoms with van der Waals surface area (Å²) in [7, 11) is 1.40. The molecule has 0 heterocycles. The summed E-state index contributed by atoms with van der Waals surface area (Å²) in [5.74, 6) is -3.15. The van der Waals surface area contributed by atoms with Crippen molar-refractivity contribution in [2.75, 3.05) is 12.4 Å². The molecule has 0 saturated carbocycles. The Morgan fingerprint density at radius 3 is 2.31 bits per heavy atom. The second-order valence-corrected chi connectivity index (χ2v) is 5.98. The molecule has 3 rings (SSSR count). The molecule has 0 radical (unpaired) electrons. The number of halogens is 3. The highest BCUT2D eigenvalue weighted by Gasteiger charge is 2.42. The first-order chi connectivity index (χ1) is 13.7. The van der Waals surface area contributed by atoms with E-state index in [1.54, 1.807) is 48.5 Å². The summed E-state index contributed by atoms with van der Waals surface area (Å²) in [6, 6.07) is 14.9. The molecule has 3 aromatic carbocycles. The molecule has 150 valence electrons. The Morgan fingerprint density at radius 2 is 1.72 bits per heavy atom. The molecule has 0 atom stereocenters. The minimum atomic E-state index is -5.22. The molecule has 0 spiro atoms. The van der Waals surface area contributed by atoms with E-state index in [0.717, 1.165) is 0 Å². The lowest BCUT2D eigenvalue weighted by Gasteiger charge is -2.19. The van der Waals surface area contributed by atoms with Crippen LogP contribution in [0, 0.1) is 5.41 Å². The van der Waals surface area contributed by atoms with Crippen LogP contribution in [0.25, 0.3) is 10.8 Å². The summed E-state index contributed by atoms with van der Waals surface area (Å²) in [6.45, 7) is 0. The van der Waals surface area contributed by atoms with Gasteiger partial charge >= 0.3 is 12.1 Å². The molecule has 4 N–H and O–H groups in total. The maximum absolute atomic E-state index is 12.9. The Balaban J connectivity index is 2.31. The molecule has 0 aliphatic heterocycles. The van der Waals surface area contributed by atoms with Gasteiger partial charge in [0.15, 0.2) is 5.75 Å². The molecule has 3 aromatic rings. The number of rotatable bonds is 5. The van der Waals surface area contributed by atoms with Gasteiger partial charge in [-0.05, 0) is 29.7 Å². The molecule has 0 bridgehead atoms. The lowest BCUT2D eigenvalue weighted by Crippen LogP contribution is -2.29. The molecule has 6 nitrogen and oxygen atoms in total. The number of methoxy groups -OCH3 is 1. The highest BCUT2D eigenvalue weighted by atomic mass is 19.4. The van der Waals surface area contributed by atoms with Gasteiger partial charge in [0.25, 0.3) is 0 Å². The Kier molecular flexibility index (Phi) is 5.31. The van der Waals surface area contributed by atoms with Crippen molar-refractivity contribution in [3.05, 3.63) is 60.2 Å². The van der Waals surface area contributed by atoms with Crippen LogP contribution in [0.1, 0.15) is 5.56 Å². The highest BCUT2D eigenvalue weighted by Crippen LogP contribution is 2.42. The van der Waals surface area contributed by atoms with Crippen molar-refractivity contribution >= 4 is 34.0 Å². The lowest BCUT2D eigenvalue weighted by atomic mass is 10.0. The van der Waals surface area contributed by atoms with Crippen molar-refractivity contribution in [2.24, 2.45) is 5.73 Å². The van der Waals surface area contributed by atoms with E-state index in [1.807, 2.05) is 0 Å². The summed E-state index contributed by atoms with van der Waals surface area (Å²) < 4.78 is 48.6. The van der Waals surface area contributed by atoms with Gasteiger partial charge in [0.1, 0.15) is 11.6 Å². The first kappa shape index (κ1) is 20.0. The van der Waals surface area contributed by atoms with Crippen molar-refractivity contribution in [2.45, 2.75) is 6.18 Å². The number of esters is 1. The van der Waals surface area contributed by atoms with Gasteiger partial charge in [-0.15, -0.1) is 0 Å². The van der Waals surface area contributed by atoms with E-state index in [1.165, 1.54) is 13.2 Å². The van der Waals surface area contributed by atoms with Gasteiger partial charge in [-0.25, -0.2) is 4.79 Å². The summed E-state index contributed by atoms with van der Waals surface area (Å²) in [4.78, 5) is 11.6. The third-order valence-electron chi connectivity index (χ3n) is 4.08. The van der Waals surface area contributed by atoms with Gasteiger partial charge in [0, 0.05) is 5.69 Å². The van der Waals surface area contributed by atoms with Crippen LogP contribution < -0.4 is 20.5 Å². The highest BCUT2D eigenvalue weighted by molar-refractivity contribution is 6.11. The number of fused-ring (bicyclic) bond motifs is 1. The van der Waals surface area contributed by atoms with Gasteiger partial charge in [-0.2, -0.15) is 13.2 Å². The normalized spacial score (nSPS) is 11.2. The molecule has 29 heavy (non-hydrogen) atoms. The Labute approximate surface area is 163 Å². The van der Waals surface area contributed by atoms with Gasteiger partial charge in [0.05, 0.1) is 23.7 Å². The number of nitrogens with one attached hydrogen (secondary N) is 2. The van der Waals surface area contributed by atoms with Crippen LogP contribution in [0.4, 0.5) is 24.5 Å². The maximum Gasteiger partial charge on any atom is 0.491 e. The van der Waals surface area contributed by atoms with E-state index in [-0.39, 0.29) is 16.6 Å². The number of benzene rings is 3. The van der Waals surface area contributed by atoms with Crippen LogP contribution in [-0.4, -0.2) is 25.1 Å². The molecule has 0 aliphatic carbocycles. The monoisotopic (exact) mass is 403 g/mol. The molecule has 0 amide bonds. The van der Waals surface area contributed by atoms with E-state index in [4.69, 9.17) is 15.9 Å². The van der Waals surface area contributed by atoms with E-state index >= 15 is 0 Å². The fourth-order valence-corrected chi connectivity index (χ4v) is 2.80. The largest absolute Gasteiger partial charge is 0.495 e. The van der Waals surface area contributed by atoms with Gasteiger partial charge < -0.3 is 20.5 Å². The molecular formula is C20H16F3N3O3. The molecular weight excluding hydrogens is 387 g/mol. The number of para-hydroxylation sites is 1. The number of carbonyl (C=O) groups excluding carboxylic acids is 1. The van der Waals surface area contributed by atoms with Crippen LogP contribution in [-0.2, 0) is 4.79 Å². The minimum Gasteiger partial charge on any atom is -0.495 e. The molecule has 0 unspecified atom stereocenters. The number of anilines is 2. The van der Waals surface area contributed by atoms with Crippen LogP contribution in [0.5, 0.6) is 11.5 Å². The van der Waals surface area contributed by atoms with E-state index in [9.17, 15) is 18.0 Å². The zero-order chi connectivity index (χ0) is 21.2. The number of ether oxygens (including phenoxy) is 2. The number of nitrogens with two attached hydrogens (primary N) is 1. The van der Waals surface area contributed by atoms with Crippen LogP contribution in [0.15, 0.2) is 54.6 Å². The zero-order valence-electron chi connectivity index (χ0n) is 15.1. The Morgan fingerprint density at radius 1 is 1.07 bits per heavy atom. The quantitative estimate of drug-likeness (QED) is 0.255. The number of hydrogen-bond acceptors (Lipinski definition) is 5. The smallest absolute Gasteiger partial charge is 0.491 e. The first-order valence-electron chi connectivity index (χ1n) is 8.31. The molecule has 9 heteroatoms. The maximum atomic E-state index is 12.9. The predicted octanol–water partition coefficient (Wildman–Crippen LogP) is 4.34. The SMILES string of the molecule is COc1ccc2ccc(C(=N)N)c(OC(=O)C(F)(F)F)c2c1Nc1ccccc1. The zero-order valence-corrected chi connectivity index (χ0v) is 15.1. The van der Waals surface area contributed by atoms with E-state index in [2.05, 4.69) is 10.1 Å². The number of nitrogen functional groups attached to an aromatic ring is 1.